The van der Waals surface area contributed by atoms with Crippen molar-refractivity contribution in [2.75, 3.05) is 32.0 Å². The molecule has 2 aromatic carbocycles. The lowest BCUT2D eigenvalue weighted by Crippen LogP contribution is -2.19. The van der Waals surface area contributed by atoms with Gasteiger partial charge in [0.15, 0.2) is 0 Å². The molecule has 0 aliphatic rings. The van der Waals surface area contributed by atoms with Crippen LogP contribution in [0.1, 0.15) is 16.7 Å². The van der Waals surface area contributed by atoms with E-state index in [1.807, 2.05) is 38.1 Å². The molecule has 0 fully saturated rings. The van der Waals surface area contributed by atoms with Crippen LogP contribution in [0.3, 0.4) is 0 Å². The van der Waals surface area contributed by atoms with Gasteiger partial charge in [0, 0.05) is 12.6 Å². The van der Waals surface area contributed by atoms with Crippen LogP contribution in [0.4, 0.5) is 5.69 Å². The second-order valence-corrected chi connectivity index (χ2v) is 8.66. The number of benzene rings is 2. The molecule has 1 N–H and O–H groups in total. The number of aryl methyl sites for hydroxylation is 3. The first-order chi connectivity index (χ1) is 12.1. The summed E-state index contributed by atoms with van der Waals surface area (Å²) >= 11 is 6.15. The Balaban J connectivity index is 2.27. The number of halogens is 1. The summed E-state index contributed by atoms with van der Waals surface area (Å²) in [7, 11) is 0.181. The van der Waals surface area contributed by atoms with Gasteiger partial charge in [-0.25, -0.2) is 8.42 Å². The number of anilines is 1. The second-order valence-electron chi connectivity index (χ2n) is 6.63. The van der Waals surface area contributed by atoms with Crippen LogP contribution in [0.2, 0.25) is 5.02 Å². The van der Waals surface area contributed by atoms with Crippen molar-refractivity contribution in [2.24, 2.45) is 0 Å². The Bertz CT molecular complexity index is 873. The molecule has 26 heavy (non-hydrogen) atoms. The maximum absolute atomic E-state index is 12.9. The van der Waals surface area contributed by atoms with Crippen LogP contribution in [0.5, 0.6) is 5.75 Å². The molecule has 2 aromatic rings. The molecule has 0 aliphatic heterocycles. The van der Waals surface area contributed by atoms with E-state index in [2.05, 4.69) is 4.72 Å². The molecule has 142 valence electrons. The third kappa shape index (κ3) is 5.13. The number of nitrogens with zero attached hydrogens (tertiary/aromatic N) is 1. The van der Waals surface area contributed by atoms with Gasteiger partial charge in [-0.3, -0.25) is 4.72 Å². The van der Waals surface area contributed by atoms with Crippen LogP contribution in [-0.2, 0) is 10.0 Å². The van der Waals surface area contributed by atoms with Crippen molar-refractivity contribution < 1.29 is 13.2 Å². The molecule has 5 nitrogen and oxygen atoms in total. The topological polar surface area (TPSA) is 58.6 Å². The highest BCUT2D eigenvalue weighted by atomic mass is 35.5. The molecule has 0 aromatic heterocycles. The smallest absolute Gasteiger partial charge is 0.262 e. The fourth-order valence-electron chi connectivity index (χ4n) is 2.81. The molecule has 0 heterocycles. The van der Waals surface area contributed by atoms with Crippen LogP contribution in [0.25, 0.3) is 0 Å². The van der Waals surface area contributed by atoms with E-state index in [1.54, 1.807) is 32.0 Å². The van der Waals surface area contributed by atoms with Crippen molar-refractivity contribution >= 4 is 27.3 Å². The molecule has 0 saturated heterocycles. The lowest BCUT2D eigenvalue weighted by molar-refractivity contribution is 0.261. The summed E-state index contributed by atoms with van der Waals surface area (Å²) < 4.78 is 34.0. The molecule has 0 spiro atoms. The lowest BCUT2D eigenvalue weighted by atomic mass is 10.1. The Morgan fingerprint density at radius 3 is 2.27 bits per heavy atom. The predicted molar refractivity (Wildman–Crippen MR) is 107 cm³/mol. The molecule has 0 amide bonds. The minimum atomic E-state index is -3.71. The van der Waals surface area contributed by atoms with Crippen molar-refractivity contribution in [2.45, 2.75) is 25.7 Å². The Morgan fingerprint density at radius 1 is 1.08 bits per heavy atom. The fourth-order valence-corrected chi connectivity index (χ4v) is 4.49. The van der Waals surface area contributed by atoms with Crippen LogP contribution >= 0.6 is 11.6 Å². The van der Waals surface area contributed by atoms with Crippen molar-refractivity contribution in [3.8, 4) is 5.75 Å². The number of hydrogen-bond acceptors (Lipinski definition) is 4. The number of ether oxygens (including phenoxy) is 1. The van der Waals surface area contributed by atoms with Crippen molar-refractivity contribution in [3.05, 3.63) is 52.0 Å². The predicted octanol–water partition coefficient (Wildman–Crippen LogP) is 4.01. The lowest BCUT2D eigenvalue weighted by Gasteiger charge is -2.16. The van der Waals surface area contributed by atoms with Gasteiger partial charge in [-0.2, -0.15) is 0 Å². The zero-order chi connectivity index (χ0) is 19.5. The van der Waals surface area contributed by atoms with Gasteiger partial charge in [-0.05, 0) is 58.1 Å². The molecular weight excluding hydrogens is 372 g/mol. The first kappa shape index (κ1) is 20.6. The van der Waals surface area contributed by atoms with Gasteiger partial charge in [0.05, 0.1) is 15.6 Å². The molecule has 0 bridgehead atoms. The zero-order valence-electron chi connectivity index (χ0n) is 15.8. The van der Waals surface area contributed by atoms with Gasteiger partial charge in [0.2, 0.25) is 0 Å². The van der Waals surface area contributed by atoms with E-state index in [-0.39, 0.29) is 0 Å². The summed E-state index contributed by atoms with van der Waals surface area (Å²) in [4.78, 5) is 2.29. The van der Waals surface area contributed by atoms with Crippen LogP contribution in [0.15, 0.2) is 35.2 Å². The van der Waals surface area contributed by atoms with E-state index in [0.29, 0.717) is 39.1 Å². The molecule has 0 unspecified atom stereocenters. The minimum Gasteiger partial charge on any atom is -0.491 e. The van der Waals surface area contributed by atoms with Crippen molar-refractivity contribution in [3.63, 3.8) is 0 Å². The molecular formula is C19H25ClN2O3S. The van der Waals surface area contributed by atoms with E-state index < -0.39 is 10.0 Å². The van der Waals surface area contributed by atoms with Crippen molar-refractivity contribution in [1.29, 1.82) is 0 Å². The first-order valence-electron chi connectivity index (χ1n) is 8.28. The molecule has 7 heteroatoms. The van der Waals surface area contributed by atoms with Gasteiger partial charge >= 0.3 is 0 Å². The molecule has 0 saturated carbocycles. The van der Waals surface area contributed by atoms with Gasteiger partial charge in [-0.1, -0.05) is 29.3 Å². The normalized spacial score (nSPS) is 11.7. The van der Waals surface area contributed by atoms with E-state index in [1.165, 1.54) is 0 Å². The van der Waals surface area contributed by atoms with Crippen LogP contribution in [-0.4, -0.2) is 40.6 Å². The minimum absolute atomic E-state index is 0.299. The highest BCUT2D eigenvalue weighted by Crippen LogP contribution is 2.30. The standard InChI is InChI=1S/C19H25ClN2O3S/c1-13-10-14(2)19(15(3)11-13)26(23,24)21-16-6-7-17(20)18(12-16)25-9-8-22(4)5/h6-7,10-12,21H,8-9H2,1-5H3. The Kier molecular flexibility index (Phi) is 6.55. The first-order valence-corrected chi connectivity index (χ1v) is 10.1. The Hall–Kier alpha value is -1.76. The summed E-state index contributed by atoms with van der Waals surface area (Å²) in [5.41, 5.74) is 2.87. The number of rotatable bonds is 7. The average molecular weight is 397 g/mol. The quantitative estimate of drug-likeness (QED) is 0.768. The van der Waals surface area contributed by atoms with Gasteiger partial charge in [0.1, 0.15) is 12.4 Å². The summed E-state index contributed by atoms with van der Waals surface area (Å²) in [5, 5.41) is 0.439. The van der Waals surface area contributed by atoms with Gasteiger partial charge in [0.25, 0.3) is 10.0 Å². The highest BCUT2D eigenvalue weighted by molar-refractivity contribution is 7.92. The Labute approximate surface area is 161 Å². The largest absolute Gasteiger partial charge is 0.491 e. The second kappa shape index (κ2) is 8.29. The Morgan fingerprint density at radius 2 is 1.69 bits per heavy atom. The molecule has 0 aliphatic carbocycles. The summed E-state index contributed by atoms with van der Waals surface area (Å²) in [6, 6.07) is 8.57. The highest BCUT2D eigenvalue weighted by Gasteiger charge is 2.20. The summed E-state index contributed by atoms with van der Waals surface area (Å²) in [6.45, 7) is 6.73. The zero-order valence-corrected chi connectivity index (χ0v) is 17.3. The number of hydrogen-bond donors (Lipinski definition) is 1. The SMILES string of the molecule is Cc1cc(C)c(S(=O)(=O)Nc2ccc(Cl)c(OCCN(C)C)c2)c(C)c1. The van der Waals surface area contributed by atoms with Crippen molar-refractivity contribution in [1.82, 2.24) is 4.90 Å². The number of likely N-dealkylation sites (N-methyl/N-ethyl adjacent to an activating group) is 1. The van der Waals surface area contributed by atoms with E-state index >= 15 is 0 Å². The van der Waals surface area contributed by atoms with Gasteiger partial charge in [-0.15, -0.1) is 0 Å². The maximum atomic E-state index is 12.9. The average Bonchev–Trinajstić information content (AvgIpc) is 2.48. The fraction of sp³-hybridized carbons (Fsp3) is 0.368. The maximum Gasteiger partial charge on any atom is 0.262 e. The third-order valence-corrected chi connectivity index (χ3v) is 5.85. The molecule has 0 radical (unpaired) electrons. The van der Waals surface area contributed by atoms with Crippen LogP contribution in [0, 0.1) is 20.8 Å². The number of nitrogens with one attached hydrogen (secondary N) is 1. The number of sulfonamides is 1. The van der Waals surface area contributed by atoms with E-state index in [4.69, 9.17) is 16.3 Å². The van der Waals surface area contributed by atoms with Crippen LogP contribution < -0.4 is 9.46 Å². The summed E-state index contributed by atoms with van der Waals surface area (Å²) in [5.74, 6) is 0.450. The molecule has 0 atom stereocenters. The molecule has 2 rings (SSSR count). The van der Waals surface area contributed by atoms with Gasteiger partial charge < -0.3 is 9.64 Å². The summed E-state index contributed by atoms with van der Waals surface area (Å²) in [6.07, 6.45) is 0. The third-order valence-electron chi connectivity index (χ3n) is 3.85. The van der Waals surface area contributed by atoms with E-state index in [9.17, 15) is 8.42 Å². The van der Waals surface area contributed by atoms with E-state index in [0.717, 1.165) is 12.1 Å². The monoisotopic (exact) mass is 396 g/mol.